The summed E-state index contributed by atoms with van der Waals surface area (Å²) in [6, 6.07) is 11.6. The van der Waals surface area contributed by atoms with Crippen LogP contribution in [0.1, 0.15) is 17.4 Å². The zero-order chi connectivity index (χ0) is 16.9. The van der Waals surface area contributed by atoms with E-state index in [1.165, 1.54) is 0 Å². The van der Waals surface area contributed by atoms with Crippen LogP contribution in [-0.4, -0.2) is 53.4 Å². The number of hydrogen-bond acceptors (Lipinski definition) is 4. The summed E-state index contributed by atoms with van der Waals surface area (Å²) in [4.78, 5) is 21.1. The Morgan fingerprint density at radius 2 is 1.75 bits per heavy atom. The van der Waals surface area contributed by atoms with Crippen molar-refractivity contribution < 1.29 is 4.79 Å². The Labute approximate surface area is 150 Å². The maximum atomic E-state index is 12.5. The minimum Gasteiger partial charge on any atom is -0.354 e. The van der Waals surface area contributed by atoms with Crippen molar-refractivity contribution >= 4 is 33.2 Å². The molecule has 1 saturated heterocycles. The van der Waals surface area contributed by atoms with Crippen molar-refractivity contribution in [3.8, 4) is 0 Å². The first-order valence-electron chi connectivity index (χ1n) is 8.16. The van der Waals surface area contributed by atoms with Crippen LogP contribution in [0, 0.1) is 0 Å². The normalized spacial score (nSPS) is 15.3. The Kier molecular flexibility index (Phi) is 5.48. The average molecular weight is 389 g/mol. The van der Waals surface area contributed by atoms with Gasteiger partial charge in [0.15, 0.2) is 0 Å². The highest BCUT2D eigenvalue weighted by atomic mass is 79.9. The highest BCUT2D eigenvalue weighted by molar-refractivity contribution is 9.10. The molecule has 0 spiro atoms. The van der Waals surface area contributed by atoms with Gasteiger partial charge in [-0.3, -0.25) is 4.79 Å². The number of nitrogens with zero attached hydrogens (tertiary/aromatic N) is 3. The molecular formula is C18H21BrN4O. The van der Waals surface area contributed by atoms with Gasteiger partial charge >= 0.3 is 0 Å². The number of rotatable bonds is 4. The van der Waals surface area contributed by atoms with E-state index < -0.39 is 0 Å². The molecular weight excluding hydrogens is 368 g/mol. The van der Waals surface area contributed by atoms with Crippen LogP contribution >= 0.6 is 15.9 Å². The highest BCUT2D eigenvalue weighted by Crippen LogP contribution is 2.19. The van der Waals surface area contributed by atoms with Crippen LogP contribution < -0.4 is 5.32 Å². The number of halogens is 1. The van der Waals surface area contributed by atoms with Crippen molar-refractivity contribution in [2.75, 3.05) is 38.0 Å². The van der Waals surface area contributed by atoms with Gasteiger partial charge in [-0.25, -0.2) is 4.98 Å². The predicted molar refractivity (Wildman–Crippen MR) is 99.7 cm³/mol. The molecule has 1 aliphatic rings. The number of pyridine rings is 1. The number of hydrogen-bond donors (Lipinski definition) is 1. The van der Waals surface area contributed by atoms with Crippen LogP contribution in [0.2, 0.25) is 0 Å². The van der Waals surface area contributed by atoms with E-state index in [1.54, 1.807) is 12.3 Å². The molecule has 1 N–H and O–H groups in total. The molecule has 0 bridgehead atoms. The van der Waals surface area contributed by atoms with Crippen LogP contribution in [0.4, 0.5) is 11.4 Å². The first kappa shape index (κ1) is 16.9. The Bertz CT molecular complexity index is 679. The van der Waals surface area contributed by atoms with Crippen LogP contribution in [0.3, 0.4) is 0 Å². The number of aromatic nitrogens is 1. The average Bonchev–Trinajstić information content (AvgIpc) is 2.64. The second kappa shape index (κ2) is 7.77. The number of carbonyl (C=O) groups is 1. The molecule has 2 aromatic rings. The van der Waals surface area contributed by atoms with Crippen LogP contribution in [0.15, 0.2) is 47.1 Å². The zero-order valence-corrected chi connectivity index (χ0v) is 15.3. The van der Waals surface area contributed by atoms with Gasteiger partial charge in [0, 0.05) is 36.3 Å². The van der Waals surface area contributed by atoms with E-state index in [-0.39, 0.29) is 5.91 Å². The Hall–Kier alpha value is -1.92. The summed E-state index contributed by atoms with van der Waals surface area (Å²) < 4.78 is 1.04. The van der Waals surface area contributed by atoms with Gasteiger partial charge in [0.2, 0.25) is 0 Å². The molecule has 0 radical (unpaired) electrons. The Morgan fingerprint density at radius 3 is 2.33 bits per heavy atom. The van der Waals surface area contributed by atoms with E-state index in [0.717, 1.165) is 48.6 Å². The first-order chi connectivity index (χ1) is 11.7. The van der Waals surface area contributed by atoms with E-state index in [4.69, 9.17) is 0 Å². The van der Waals surface area contributed by atoms with Gasteiger partial charge in [0.25, 0.3) is 5.91 Å². The molecule has 0 aliphatic carbocycles. The van der Waals surface area contributed by atoms with Crippen LogP contribution in [0.5, 0.6) is 0 Å². The van der Waals surface area contributed by atoms with Crippen LogP contribution in [-0.2, 0) is 0 Å². The second-order valence-corrected chi connectivity index (χ2v) is 6.71. The topological polar surface area (TPSA) is 48.5 Å². The van der Waals surface area contributed by atoms with Crippen molar-refractivity contribution in [2.24, 2.45) is 0 Å². The lowest BCUT2D eigenvalue weighted by Crippen LogP contribution is -2.48. The highest BCUT2D eigenvalue weighted by Gasteiger charge is 2.21. The van der Waals surface area contributed by atoms with Crippen LogP contribution in [0.25, 0.3) is 0 Å². The standard InChI is InChI=1S/C18H21BrN4O/c1-2-22-9-11-23(12-10-22)18(24)17-8-7-16(13-20-17)21-15-5-3-14(19)4-6-15/h3-8,13,21H,2,9-12H2,1H3. The second-order valence-electron chi connectivity index (χ2n) is 5.79. The number of carbonyl (C=O) groups excluding carboxylic acids is 1. The van der Waals surface area contributed by atoms with E-state index in [0.29, 0.717) is 5.69 Å². The molecule has 6 heteroatoms. The van der Waals surface area contributed by atoms with Gasteiger partial charge < -0.3 is 15.1 Å². The zero-order valence-electron chi connectivity index (χ0n) is 13.7. The largest absolute Gasteiger partial charge is 0.354 e. The molecule has 1 aliphatic heterocycles. The third-order valence-electron chi connectivity index (χ3n) is 4.22. The smallest absolute Gasteiger partial charge is 0.272 e. The third kappa shape index (κ3) is 4.13. The Morgan fingerprint density at radius 1 is 1.08 bits per heavy atom. The van der Waals surface area contributed by atoms with E-state index in [9.17, 15) is 4.79 Å². The third-order valence-corrected chi connectivity index (χ3v) is 4.75. The van der Waals surface area contributed by atoms with Crippen molar-refractivity contribution in [3.63, 3.8) is 0 Å². The maximum absolute atomic E-state index is 12.5. The molecule has 5 nitrogen and oxygen atoms in total. The molecule has 24 heavy (non-hydrogen) atoms. The molecule has 3 rings (SSSR count). The molecule has 0 unspecified atom stereocenters. The SMILES string of the molecule is CCN1CCN(C(=O)c2ccc(Nc3ccc(Br)cc3)cn2)CC1. The van der Waals surface area contributed by atoms with Crippen molar-refractivity contribution in [2.45, 2.75) is 6.92 Å². The number of piperazine rings is 1. The van der Waals surface area contributed by atoms with Gasteiger partial charge in [-0.2, -0.15) is 0 Å². The summed E-state index contributed by atoms with van der Waals surface area (Å²) in [5.74, 6) is 0.0148. The molecule has 2 heterocycles. The number of benzene rings is 1. The Balaban J connectivity index is 1.61. The fourth-order valence-corrected chi connectivity index (χ4v) is 2.99. The molecule has 1 aromatic carbocycles. The molecule has 1 fully saturated rings. The van der Waals surface area contributed by atoms with Gasteiger partial charge in [-0.15, -0.1) is 0 Å². The van der Waals surface area contributed by atoms with Gasteiger partial charge in [-0.1, -0.05) is 22.9 Å². The van der Waals surface area contributed by atoms with Crippen molar-refractivity contribution in [3.05, 3.63) is 52.8 Å². The lowest BCUT2D eigenvalue weighted by atomic mass is 10.2. The van der Waals surface area contributed by atoms with Crippen molar-refractivity contribution in [1.82, 2.24) is 14.8 Å². The van der Waals surface area contributed by atoms with Gasteiger partial charge in [0.05, 0.1) is 11.9 Å². The van der Waals surface area contributed by atoms with E-state index >= 15 is 0 Å². The summed E-state index contributed by atoms with van der Waals surface area (Å²) in [5.41, 5.74) is 2.35. The summed E-state index contributed by atoms with van der Waals surface area (Å²) in [5, 5.41) is 3.28. The minimum absolute atomic E-state index is 0.0148. The fraction of sp³-hybridized carbons (Fsp3) is 0.333. The summed E-state index contributed by atoms with van der Waals surface area (Å²) in [7, 11) is 0. The number of likely N-dealkylation sites (N-methyl/N-ethyl adjacent to an activating group) is 1. The lowest BCUT2D eigenvalue weighted by Gasteiger charge is -2.33. The quantitative estimate of drug-likeness (QED) is 0.871. The number of amides is 1. The molecule has 1 amide bonds. The first-order valence-corrected chi connectivity index (χ1v) is 8.95. The van der Waals surface area contributed by atoms with Gasteiger partial charge in [-0.05, 0) is 42.9 Å². The monoisotopic (exact) mass is 388 g/mol. The number of nitrogens with one attached hydrogen (secondary N) is 1. The predicted octanol–water partition coefficient (Wildman–Crippen LogP) is 3.37. The summed E-state index contributed by atoms with van der Waals surface area (Å²) in [6.45, 7) is 6.60. The van der Waals surface area contributed by atoms with Gasteiger partial charge in [0.1, 0.15) is 5.69 Å². The fourth-order valence-electron chi connectivity index (χ4n) is 2.72. The summed E-state index contributed by atoms with van der Waals surface area (Å²) >= 11 is 3.42. The number of anilines is 2. The van der Waals surface area contributed by atoms with E-state index in [2.05, 4.69) is 38.1 Å². The molecule has 0 saturated carbocycles. The minimum atomic E-state index is 0.0148. The summed E-state index contributed by atoms with van der Waals surface area (Å²) in [6.07, 6.45) is 1.71. The lowest BCUT2D eigenvalue weighted by molar-refractivity contribution is 0.0637. The van der Waals surface area contributed by atoms with E-state index in [1.807, 2.05) is 35.2 Å². The molecule has 0 atom stereocenters. The van der Waals surface area contributed by atoms with Crippen molar-refractivity contribution in [1.29, 1.82) is 0 Å². The molecule has 1 aromatic heterocycles. The molecule has 126 valence electrons. The maximum Gasteiger partial charge on any atom is 0.272 e.